The van der Waals surface area contributed by atoms with Gasteiger partial charge in [0.15, 0.2) is 0 Å². The van der Waals surface area contributed by atoms with Gasteiger partial charge in [-0.25, -0.2) is 0 Å². The monoisotopic (exact) mass is 379 g/mol. The Morgan fingerprint density at radius 2 is 2.00 bits per heavy atom. The van der Waals surface area contributed by atoms with Crippen molar-refractivity contribution in [2.24, 2.45) is 11.7 Å². The normalized spacial score (nSPS) is 19.7. The Kier molecular flexibility index (Phi) is 6.32. The predicted octanol–water partition coefficient (Wildman–Crippen LogP) is 3.44. The van der Waals surface area contributed by atoms with Crippen LogP contribution in [-0.2, 0) is 0 Å². The Balaban J connectivity index is 1.96. The Labute approximate surface area is 139 Å². The van der Waals surface area contributed by atoms with Crippen LogP contribution in [0.3, 0.4) is 0 Å². The van der Waals surface area contributed by atoms with Gasteiger partial charge in [0.2, 0.25) is 0 Å². The van der Waals surface area contributed by atoms with E-state index in [4.69, 9.17) is 17.3 Å². The van der Waals surface area contributed by atoms with Gasteiger partial charge in [-0.3, -0.25) is 4.90 Å². The van der Waals surface area contributed by atoms with E-state index in [1.165, 1.54) is 11.4 Å². The van der Waals surface area contributed by atoms with Crippen molar-refractivity contribution < 1.29 is 0 Å². The third kappa shape index (κ3) is 4.18. The molecule has 1 unspecified atom stereocenters. The first kappa shape index (κ1) is 16.7. The number of hydrogen-bond acceptors (Lipinski definition) is 4. The average molecular weight is 381 g/mol. The smallest absolute Gasteiger partial charge is 0.107 e. The van der Waals surface area contributed by atoms with Crippen LogP contribution in [-0.4, -0.2) is 49.1 Å². The Bertz CT molecular complexity index is 411. The van der Waals surface area contributed by atoms with Crippen molar-refractivity contribution in [3.8, 4) is 0 Å². The summed E-state index contributed by atoms with van der Waals surface area (Å²) in [6, 6.07) is 2.41. The van der Waals surface area contributed by atoms with E-state index in [0.717, 1.165) is 40.9 Å². The van der Waals surface area contributed by atoms with Crippen molar-refractivity contribution in [1.29, 1.82) is 0 Å². The fraction of sp³-hybridized carbons (Fsp3) is 0.714. The topological polar surface area (TPSA) is 32.5 Å². The van der Waals surface area contributed by atoms with Crippen molar-refractivity contribution in [3.05, 3.63) is 19.8 Å². The summed E-state index contributed by atoms with van der Waals surface area (Å²) in [6.45, 7) is 10.8. The minimum atomic E-state index is 0.296. The van der Waals surface area contributed by atoms with E-state index in [0.29, 0.717) is 12.6 Å². The van der Waals surface area contributed by atoms with Crippen LogP contribution >= 0.6 is 38.9 Å². The minimum Gasteiger partial charge on any atom is -0.329 e. The molecule has 0 bridgehead atoms. The fourth-order valence-corrected chi connectivity index (χ4v) is 4.63. The molecule has 0 aromatic carbocycles. The van der Waals surface area contributed by atoms with Gasteiger partial charge in [0.05, 0.1) is 6.04 Å². The molecule has 0 amide bonds. The van der Waals surface area contributed by atoms with Gasteiger partial charge in [-0.1, -0.05) is 25.4 Å². The lowest BCUT2D eigenvalue weighted by Crippen LogP contribution is -2.49. The van der Waals surface area contributed by atoms with E-state index >= 15 is 0 Å². The highest BCUT2D eigenvalue weighted by atomic mass is 79.9. The minimum absolute atomic E-state index is 0.296. The lowest BCUT2D eigenvalue weighted by atomic mass is 10.1. The number of halogens is 2. The van der Waals surface area contributed by atoms with Gasteiger partial charge in [-0.15, -0.1) is 11.3 Å². The van der Waals surface area contributed by atoms with Crippen molar-refractivity contribution in [2.75, 3.05) is 39.3 Å². The van der Waals surface area contributed by atoms with Crippen LogP contribution in [0.4, 0.5) is 0 Å². The summed E-state index contributed by atoms with van der Waals surface area (Å²) in [5.74, 6) is 0.735. The van der Waals surface area contributed by atoms with E-state index in [2.05, 4.69) is 45.6 Å². The third-order valence-corrected chi connectivity index (χ3v) is 6.26. The lowest BCUT2D eigenvalue weighted by molar-refractivity contribution is 0.0924. The molecule has 0 saturated carbocycles. The summed E-state index contributed by atoms with van der Waals surface area (Å²) in [4.78, 5) is 6.30. The number of thiophene rings is 1. The first-order valence-corrected chi connectivity index (χ1v) is 9.11. The molecule has 0 aliphatic carbocycles. The van der Waals surface area contributed by atoms with Crippen LogP contribution < -0.4 is 5.73 Å². The van der Waals surface area contributed by atoms with Gasteiger partial charge in [-0.05, 0) is 27.9 Å². The van der Waals surface area contributed by atoms with Crippen molar-refractivity contribution in [2.45, 2.75) is 19.9 Å². The van der Waals surface area contributed by atoms with Crippen LogP contribution in [0.15, 0.2) is 10.5 Å². The zero-order valence-electron chi connectivity index (χ0n) is 12.1. The largest absolute Gasteiger partial charge is 0.329 e. The molecular formula is C14H23BrClN3S. The molecule has 1 atom stereocenters. The van der Waals surface area contributed by atoms with Gasteiger partial charge in [0, 0.05) is 48.6 Å². The Morgan fingerprint density at radius 1 is 1.35 bits per heavy atom. The number of piperazine rings is 1. The van der Waals surface area contributed by atoms with Gasteiger partial charge in [-0.2, -0.15) is 0 Å². The molecule has 20 heavy (non-hydrogen) atoms. The first-order valence-electron chi connectivity index (χ1n) is 7.12. The lowest BCUT2D eigenvalue weighted by Gasteiger charge is -2.39. The molecular weight excluding hydrogens is 358 g/mol. The molecule has 1 aliphatic heterocycles. The third-order valence-electron chi connectivity index (χ3n) is 3.69. The van der Waals surface area contributed by atoms with Crippen molar-refractivity contribution in [3.63, 3.8) is 0 Å². The highest BCUT2D eigenvalue weighted by molar-refractivity contribution is 9.10. The molecule has 3 nitrogen and oxygen atoms in total. The molecule has 2 heterocycles. The highest BCUT2D eigenvalue weighted by Crippen LogP contribution is 2.37. The van der Waals surface area contributed by atoms with Gasteiger partial charge in [0.25, 0.3) is 0 Å². The second-order valence-electron chi connectivity index (χ2n) is 5.75. The Morgan fingerprint density at radius 3 is 2.45 bits per heavy atom. The predicted molar refractivity (Wildman–Crippen MR) is 91.7 cm³/mol. The van der Waals surface area contributed by atoms with E-state index in [1.54, 1.807) is 11.3 Å². The van der Waals surface area contributed by atoms with E-state index in [1.807, 2.05) is 0 Å². The molecule has 1 fully saturated rings. The molecule has 1 aromatic rings. The molecule has 114 valence electrons. The zero-order valence-corrected chi connectivity index (χ0v) is 15.3. The van der Waals surface area contributed by atoms with Crippen LogP contribution in [0.2, 0.25) is 4.34 Å². The zero-order chi connectivity index (χ0) is 14.7. The maximum absolute atomic E-state index is 6.15. The van der Waals surface area contributed by atoms with Gasteiger partial charge in [0.1, 0.15) is 4.34 Å². The molecule has 1 aromatic heterocycles. The molecule has 1 aliphatic rings. The van der Waals surface area contributed by atoms with E-state index in [-0.39, 0.29) is 0 Å². The number of nitrogens with zero attached hydrogens (tertiary/aromatic N) is 2. The SMILES string of the molecule is CC(C)CN1CCN(C(CN)c2cc(Br)c(Cl)s2)CC1. The molecule has 2 rings (SSSR count). The first-order chi connectivity index (χ1) is 9.51. The maximum Gasteiger partial charge on any atom is 0.107 e. The molecule has 6 heteroatoms. The number of nitrogens with two attached hydrogens (primary N) is 1. The van der Waals surface area contributed by atoms with Crippen LogP contribution in [0.1, 0.15) is 24.8 Å². The fourth-order valence-electron chi connectivity index (χ4n) is 2.75. The standard InChI is InChI=1S/C14H23BrClN3S/c1-10(2)9-18-3-5-19(6-4-18)12(8-17)13-7-11(15)14(16)20-13/h7,10,12H,3-6,8-9,17H2,1-2H3. The van der Waals surface area contributed by atoms with Crippen molar-refractivity contribution in [1.82, 2.24) is 9.80 Å². The van der Waals surface area contributed by atoms with E-state index in [9.17, 15) is 0 Å². The van der Waals surface area contributed by atoms with Gasteiger partial charge >= 0.3 is 0 Å². The molecule has 1 saturated heterocycles. The molecule has 2 N–H and O–H groups in total. The average Bonchev–Trinajstić information content (AvgIpc) is 2.72. The van der Waals surface area contributed by atoms with Crippen LogP contribution in [0, 0.1) is 5.92 Å². The highest BCUT2D eigenvalue weighted by Gasteiger charge is 2.26. The summed E-state index contributed by atoms with van der Waals surface area (Å²) >= 11 is 11.3. The van der Waals surface area contributed by atoms with E-state index < -0.39 is 0 Å². The molecule has 0 spiro atoms. The Hall–Kier alpha value is 0.350. The quantitative estimate of drug-likeness (QED) is 0.849. The molecule has 0 radical (unpaired) electrons. The summed E-state index contributed by atoms with van der Waals surface area (Å²) in [6.07, 6.45) is 0. The summed E-state index contributed by atoms with van der Waals surface area (Å²) < 4.78 is 1.80. The van der Waals surface area contributed by atoms with Crippen molar-refractivity contribution >= 4 is 38.9 Å². The summed E-state index contributed by atoms with van der Waals surface area (Å²) in [5, 5.41) is 0. The second kappa shape index (κ2) is 7.56. The summed E-state index contributed by atoms with van der Waals surface area (Å²) in [7, 11) is 0. The number of hydrogen-bond donors (Lipinski definition) is 1. The maximum atomic E-state index is 6.15. The second-order valence-corrected chi connectivity index (χ2v) is 8.29. The summed E-state index contributed by atoms with van der Waals surface area (Å²) in [5.41, 5.74) is 6.00. The van der Waals surface area contributed by atoms with Crippen LogP contribution in [0.5, 0.6) is 0 Å². The number of rotatable bonds is 5. The van der Waals surface area contributed by atoms with Crippen LogP contribution in [0.25, 0.3) is 0 Å². The van der Waals surface area contributed by atoms with Gasteiger partial charge < -0.3 is 10.6 Å².